The molecule has 0 bridgehead atoms. The standard InChI is InChI=1S/C10H10OS3/c1-11-10-8(12)6-4-3-5-7(13-2)9(6)14-10/h3-5,12H,1-2H3. The van der Waals surface area contributed by atoms with Gasteiger partial charge in [-0.25, -0.2) is 0 Å². The van der Waals surface area contributed by atoms with Gasteiger partial charge in [0, 0.05) is 10.3 Å². The van der Waals surface area contributed by atoms with Crippen molar-refractivity contribution in [2.75, 3.05) is 13.4 Å². The lowest BCUT2D eigenvalue weighted by Gasteiger charge is -1.96. The predicted octanol–water partition coefficient (Wildman–Crippen LogP) is 3.92. The minimum atomic E-state index is 0.893. The molecule has 0 aliphatic carbocycles. The van der Waals surface area contributed by atoms with E-state index in [-0.39, 0.29) is 0 Å². The second kappa shape index (κ2) is 4.04. The summed E-state index contributed by atoms with van der Waals surface area (Å²) in [5, 5.41) is 2.08. The summed E-state index contributed by atoms with van der Waals surface area (Å²) in [4.78, 5) is 2.23. The van der Waals surface area contributed by atoms with Crippen molar-refractivity contribution in [1.82, 2.24) is 0 Å². The highest BCUT2D eigenvalue weighted by molar-refractivity contribution is 7.99. The number of methoxy groups -OCH3 is 1. The van der Waals surface area contributed by atoms with Crippen molar-refractivity contribution in [1.29, 1.82) is 0 Å². The fourth-order valence-electron chi connectivity index (χ4n) is 1.36. The molecule has 4 heteroatoms. The van der Waals surface area contributed by atoms with E-state index in [1.54, 1.807) is 30.2 Å². The van der Waals surface area contributed by atoms with Crippen LogP contribution in [0.15, 0.2) is 28.0 Å². The fraction of sp³-hybridized carbons (Fsp3) is 0.200. The van der Waals surface area contributed by atoms with Gasteiger partial charge in [0.1, 0.15) is 0 Å². The van der Waals surface area contributed by atoms with E-state index in [4.69, 9.17) is 4.74 Å². The Labute approximate surface area is 96.9 Å². The summed E-state index contributed by atoms with van der Waals surface area (Å²) in [6, 6.07) is 6.26. The van der Waals surface area contributed by atoms with Gasteiger partial charge in [-0.1, -0.05) is 23.5 Å². The molecule has 1 aromatic carbocycles. The molecular formula is C10H10OS3. The normalized spacial score (nSPS) is 10.8. The Kier molecular flexibility index (Phi) is 2.95. The Hall–Kier alpha value is -0.320. The first kappa shape index (κ1) is 10.2. The van der Waals surface area contributed by atoms with Gasteiger partial charge < -0.3 is 4.74 Å². The van der Waals surface area contributed by atoms with Crippen LogP contribution in [0.3, 0.4) is 0 Å². The molecule has 2 rings (SSSR count). The van der Waals surface area contributed by atoms with Crippen molar-refractivity contribution in [3.63, 3.8) is 0 Å². The van der Waals surface area contributed by atoms with Gasteiger partial charge in [0.25, 0.3) is 0 Å². The van der Waals surface area contributed by atoms with Crippen LogP contribution >= 0.6 is 35.7 Å². The van der Waals surface area contributed by atoms with E-state index in [1.165, 1.54) is 15.0 Å². The second-order valence-corrected chi connectivity index (χ2v) is 5.06. The van der Waals surface area contributed by atoms with Gasteiger partial charge in [0.05, 0.1) is 16.7 Å². The van der Waals surface area contributed by atoms with Gasteiger partial charge in [-0.2, -0.15) is 0 Å². The van der Waals surface area contributed by atoms with E-state index in [1.807, 2.05) is 0 Å². The number of ether oxygens (including phenoxy) is 1. The first-order valence-corrected chi connectivity index (χ1v) is 6.59. The summed E-state index contributed by atoms with van der Waals surface area (Å²) < 4.78 is 6.53. The number of thioether (sulfide) groups is 1. The van der Waals surface area contributed by atoms with Crippen LogP contribution in [0, 0.1) is 0 Å². The molecule has 0 amide bonds. The van der Waals surface area contributed by atoms with Crippen LogP contribution in [-0.2, 0) is 0 Å². The molecule has 74 valence electrons. The molecule has 2 aromatic rings. The quantitative estimate of drug-likeness (QED) is 0.631. The summed E-state index contributed by atoms with van der Waals surface area (Å²) in [6.45, 7) is 0. The van der Waals surface area contributed by atoms with Gasteiger partial charge in [0.2, 0.25) is 0 Å². The number of thiophene rings is 1. The van der Waals surface area contributed by atoms with Crippen molar-refractivity contribution in [3.8, 4) is 5.06 Å². The molecule has 1 nitrogen and oxygen atoms in total. The molecule has 1 aromatic heterocycles. The van der Waals surface area contributed by atoms with Crippen molar-refractivity contribution < 1.29 is 4.74 Å². The SMILES string of the molecule is COc1sc2c(SC)cccc2c1S. The number of fused-ring (bicyclic) bond motifs is 1. The van der Waals surface area contributed by atoms with E-state index >= 15 is 0 Å². The number of rotatable bonds is 2. The summed E-state index contributed by atoms with van der Waals surface area (Å²) >= 11 is 7.86. The summed E-state index contributed by atoms with van der Waals surface area (Å²) in [5.41, 5.74) is 0. The summed E-state index contributed by atoms with van der Waals surface area (Å²) in [7, 11) is 1.68. The Morgan fingerprint density at radius 2 is 2.21 bits per heavy atom. The van der Waals surface area contributed by atoms with Crippen LogP contribution in [0.5, 0.6) is 5.06 Å². The van der Waals surface area contributed by atoms with E-state index in [0.717, 1.165) is 9.96 Å². The van der Waals surface area contributed by atoms with Gasteiger partial charge >= 0.3 is 0 Å². The van der Waals surface area contributed by atoms with Gasteiger partial charge in [-0.3, -0.25) is 0 Å². The molecular weight excluding hydrogens is 232 g/mol. The Bertz CT molecular complexity index is 462. The predicted molar refractivity (Wildman–Crippen MR) is 67.4 cm³/mol. The lowest BCUT2D eigenvalue weighted by atomic mass is 10.3. The molecule has 0 unspecified atom stereocenters. The lowest BCUT2D eigenvalue weighted by Crippen LogP contribution is -1.76. The molecule has 14 heavy (non-hydrogen) atoms. The van der Waals surface area contributed by atoms with Crippen molar-refractivity contribution in [3.05, 3.63) is 18.2 Å². The molecule has 0 saturated heterocycles. The highest BCUT2D eigenvalue weighted by Crippen LogP contribution is 2.43. The first-order chi connectivity index (χ1) is 6.77. The fourth-order valence-corrected chi connectivity index (χ4v) is 3.66. The van der Waals surface area contributed by atoms with Crippen molar-refractivity contribution in [2.45, 2.75) is 9.79 Å². The molecule has 0 radical (unpaired) electrons. The second-order valence-electron chi connectivity index (χ2n) is 2.78. The van der Waals surface area contributed by atoms with Crippen LogP contribution in [0.4, 0.5) is 0 Å². The van der Waals surface area contributed by atoms with E-state index in [9.17, 15) is 0 Å². The van der Waals surface area contributed by atoms with Gasteiger partial charge in [-0.05, 0) is 12.3 Å². The molecule has 0 fully saturated rings. The third kappa shape index (κ3) is 1.51. The summed E-state index contributed by atoms with van der Waals surface area (Å²) in [6.07, 6.45) is 2.08. The minimum Gasteiger partial charge on any atom is -0.486 e. The van der Waals surface area contributed by atoms with Crippen molar-refractivity contribution >= 4 is 45.8 Å². The number of hydrogen-bond acceptors (Lipinski definition) is 4. The van der Waals surface area contributed by atoms with Crippen LogP contribution in [0.25, 0.3) is 10.1 Å². The maximum Gasteiger partial charge on any atom is 0.188 e. The average Bonchev–Trinajstić information content (AvgIpc) is 2.55. The molecule has 0 aliphatic rings. The van der Waals surface area contributed by atoms with Crippen LogP contribution in [0.2, 0.25) is 0 Å². The zero-order valence-electron chi connectivity index (χ0n) is 7.90. The zero-order valence-corrected chi connectivity index (χ0v) is 10.4. The molecule has 0 spiro atoms. The van der Waals surface area contributed by atoms with Gasteiger partial charge in [0.15, 0.2) is 5.06 Å². The number of benzene rings is 1. The molecule has 0 saturated carbocycles. The van der Waals surface area contributed by atoms with Crippen molar-refractivity contribution in [2.24, 2.45) is 0 Å². The van der Waals surface area contributed by atoms with E-state index in [2.05, 4.69) is 37.1 Å². The Balaban J connectivity index is 2.77. The van der Waals surface area contributed by atoms with E-state index in [0.29, 0.717) is 0 Å². The number of thiol groups is 1. The largest absolute Gasteiger partial charge is 0.486 e. The average molecular weight is 242 g/mol. The zero-order chi connectivity index (χ0) is 10.1. The Morgan fingerprint density at radius 1 is 1.43 bits per heavy atom. The summed E-state index contributed by atoms with van der Waals surface area (Å²) in [5.74, 6) is 0. The highest BCUT2D eigenvalue weighted by atomic mass is 32.2. The molecule has 0 atom stereocenters. The van der Waals surface area contributed by atoms with Crippen LogP contribution in [-0.4, -0.2) is 13.4 Å². The third-order valence-electron chi connectivity index (χ3n) is 2.03. The Morgan fingerprint density at radius 3 is 2.86 bits per heavy atom. The van der Waals surface area contributed by atoms with Gasteiger partial charge in [-0.15, -0.1) is 24.4 Å². The maximum absolute atomic E-state index is 5.26. The third-order valence-corrected chi connectivity index (χ3v) is 4.73. The number of hydrogen-bond donors (Lipinski definition) is 1. The molecule has 0 N–H and O–H groups in total. The monoisotopic (exact) mass is 242 g/mol. The minimum absolute atomic E-state index is 0.893. The molecule has 1 heterocycles. The topological polar surface area (TPSA) is 9.23 Å². The highest BCUT2D eigenvalue weighted by Gasteiger charge is 2.11. The smallest absolute Gasteiger partial charge is 0.188 e. The lowest BCUT2D eigenvalue weighted by molar-refractivity contribution is 0.419. The van der Waals surface area contributed by atoms with Crippen LogP contribution in [0.1, 0.15) is 0 Å². The molecule has 0 aliphatic heterocycles. The first-order valence-electron chi connectivity index (χ1n) is 4.10. The van der Waals surface area contributed by atoms with E-state index < -0.39 is 0 Å². The van der Waals surface area contributed by atoms with Crippen LogP contribution < -0.4 is 4.74 Å². The maximum atomic E-state index is 5.26.